The van der Waals surface area contributed by atoms with Crippen molar-refractivity contribution in [2.75, 3.05) is 5.32 Å². The fourth-order valence-corrected chi connectivity index (χ4v) is 1.75. The summed E-state index contributed by atoms with van der Waals surface area (Å²) in [4.78, 5) is 28.2. The molecule has 0 spiro atoms. The number of rotatable bonds is 4. The Bertz CT molecular complexity index is 697. The van der Waals surface area contributed by atoms with Gasteiger partial charge in [0, 0.05) is 16.3 Å². The standard InChI is InChI=1S/C16H13ClN2O3/c1-11(15(20)12-5-3-2-4-6-12)19-22-16(21)18-14-9-7-13(17)8-10-14/h2-10H,1H3,(H,18,21)/b19-11+. The van der Waals surface area contributed by atoms with Crippen LogP contribution in [0.2, 0.25) is 5.02 Å². The molecule has 0 aliphatic heterocycles. The first-order chi connectivity index (χ1) is 10.6. The molecule has 2 aromatic rings. The zero-order chi connectivity index (χ0) is 15.9. The summed E-state index contributed by atoms with van der Waals surface area (Å²) in [6, 6.07) is 15.1. The second-order valence-electron chi connectivity index (χ2n) is 4.38. The monoisotopic (exact) mass is 316 g/mol. The SMILES string of the molecule is C/C(=N\OC(=O)Nc1ccc(Cl)cc1)C(=O)c1ccccc1. The van der Waals surface area contributed by atoms with Crippen molar-refractivity contribution in [2.45, 2.75) is 6.92 Å². The number of hydrogen-bond donors (Lipinski definition) is 1. The van der Waals surface area contributed by atoms with Crippen LogP contribution in [0.4, 0.5) is 10.5 Å². The third kappa shape index (κ3) is 4.43. The number of oxime groups is 1. The van der Waals surface area contributed by atoms with Gasteiger partial charge in [0.15, 0.2) is 0 Å². The number of halogens is 1. The van der Waals surface area contributed by atoms with Crippen LogP contribution in [-0.4, -0.2) is 17.6 Å². The Labute approximate surface area is 132 Å². The molecular formula is C16H13ClN2O3. The van der Waals surface area contributed by atoms with Crippen LogP contribution < -0.4 is 5.32 Å². The van der Waals surface area contributed by atoms with E-state index in [1.54, 1.807) is 54.6 Å². The summed E-state index contributed by atoms with van der Waals surface area (Å²) in [6.45, 7) is 1.48. The van der Waals surface area contributed by atoms with Gasteiger partial charge in [-0.3, -0.25) is 14.9 Å². The highest BCUT2D eigenvalue weighted by Crippen LogP contribution is 2.13. The van der Waals surface area contributed by atoms with Crippen molar-refractivity contribution >= 4 is 34.9 Å². The number of nitrogens with one attached hydrogen (secondary N) is 1. The first-order valence-corrected chi connectivity index (χ1v) is 6.82. The largest absolute Gasteiger partial charge is 0.437 e. The summed E-state index contributed by atoms with van der Waals surface area (Å²) in [5.74, 6) is -0.306. The van der Waals surface area contributed by atoms with E-state index in [0.717, 1.165) is 0 Å². The zero-order valence-electron chi connectivity index (χ0n) is 11.7. The van der Waals surface area contributed by atoms with Crippen LogP contribution in [0.5, 0.6) is 0 Å². The summed E-state index contributed by atoms with van der Waals surface area (Å²) in [5, 5.41) is 6.56. The summed E-state index contributed by atoms with van der Waals surface area (Å²) >= 11 is 5.74. The topological polar surface area (TPSA) is 67.8 Å². The van der Waals surface area contributed by atoms with E-state index in [1.807, 2.05) is 0 Å². The molecule has 0 radical (unpaired) electrons. The van der Waals surface area contributed by atoms with Crippen molar-refractivity contribution in [1.82, 2.24) is 0 Å². The number of anilines is 1. The molecule has 0 heterocycles. The Hall–Kier alpha value is -2.66. The summed E-state index contributed by atoms with van der Waals surface area (Å²) in [5.41, 5.74) is 1.07. The van der Waals surface area contributed by atoms with Crippen molar-refractivity contribution in [3.8, 4) is 0 Å². The molecule has 112 valence electrons. The maximum Gasteiger partial charge on any atom is 0.437 e. The molecule has 0 atom stereocenters. The van der Waals surface area contributed by atoms with Gasteiger partial charge in [0.25, 0.3) is 0 Å². The van der Waals surface area contributed by atoms with Gasteiger partial charge >= 0.3 is 6.09 Å². The molecule has 0 bridgehead atoms. The van der Waals surface area contributed by atoms with E-state index >= 15 is 0 Å². The van der Waals surface area contributed by atoms with Crippen molar-refractivity contribution in [3.63, 3.8) is 0 Å². The average Bonchev–Trinajstić information content (AvgIpc) is 2.55. The van der Waals surface area contributed by atoms with E-state index in [2.05, 4.69) is 15.3 Å². The lowest BCUT2D eigenvalue weighted by Gasteiger charge is -2.03. The first-order valence-electron chi connectivity index (χ1n) is 6.44. The van der Waals surface area contributed by atoms with Crippen LogP contribution in [0.3, 0.4) is 0 Å². The first kappa shape index (κ1) is 15.7. The second kappa shape index (κ2) is 7.38. The van der Waals surface area contributed by atoms with Crippen molar-refractivity contribution < 1.29 is 14.4 Å². The van der Waals surface area contributed by atoms with Crippen LogP contribution in [-0.2, 0) is 4.84 Å². The molecule has 0 aliphatic rings. The highest BCUT2D eigenvalue weighted by Gasteiger charge is 2.11. The molecule has 2 aromatic carbocycles. The number of ketones is 1. The van der Waals surface area contributed by atoms with Gasteiger partial charge in [0.05, 0.1) is 0 Å². The van der Waals surface area contributed by atoms with Crippen LogP contribution in [0.25, 0.3) is 0 Å². The summed E-state index contributed by atoms with van der Waals surface area (Å²) in [7, 11) is 0. The molecule has 1 N–H and O–H groups in total. The number of hydrogen-bond acceptors (Lipinski definition) is 4. The molecule has 2 rings (SSSR count). The van der Waals surface area contributed by atoms with Crippen LogP contribution in [0.15, 0.2) is 59.8 Å². The summed E-state index contributed by atoms with van der Waals surface area (Å²) in [6.07, 6.45) is -0.789. The Kier molecular flexibility index (Phi) is 5.27. The molecular weight excluding hydrogens is 304 g/mol. The fourth-order valence-electron chi connectivity index (χ4n) is 1.62. The van der Waals surface area contributed by atoms with Crippen molar-refractivity contribution in [3.05, 3.63) is 65.2 Å². The lowest BCUT2D eigenvalue weighted by molar-refractivity contribution is 0.105. The minimum Gasteiger partial charge on any atom is -0.297 e. The number of nitrogens with zero attached hydrogens (tertiary/aromatic N) is 1. The van der Waals surface area contributed by atoms with Gasteiger partial charge in [-0.1, -0.05) is 47.1 Å². The van der Waals surface area contributed by atoms with Crippen LogP contribution in [0.1, 0.15) is 17.3 Å². The van der Waals surface area contributed by atoms with Crippen LogP contribution >= 0.6 is 11.6 Å². The minimum absolute atomic E-state index is 0.0810. The van der Waals surface area contributed by atoms with Gasteiger partial charge in [0.1, 0.15) is 5.71 Å². The molecule has 0 aliphatic carbocycles. The number of benzene rings is 2. The summed E-state index contributed by atoms with van der Waals surface area (Å²) < 4.78 is 0. The van der Waals surface area contributed by atoms with Gasteiger partial charge in [-0.2, -0.15) is 0 Å². The lowest BCUT2D eigenvalue weighted by atomic mass is 10.1. The predicted octanol–water partition coefficient (Wildman–Crippen LogP) is 4.15. The Morgan fingerprint density at radius 2 is 1.68 bits per heavy atom. The quantitative estimate of drug-likeness (QED) is 0.399. The van der Waals surface area contributed by atoms with E-state index in [1.165, 1.54) is 6.92 Å². The van der Waals surface area contributed by atoms with Crippen molar-refractivity contribution in [2.24, 2.45) is 5.16 Å². The number of Topliss-reactive ketones (excluding diaryl/α,β-unsaturated/α-hetero) is 1. The number of amides is 1. The van der Waals surface area contributed by atoms with E-state index in [0.29, 0.717) is 16.3 Å². The number of carbonyl (C=O) groups excluding carboxylic acids is 2. The van der Waals surface area contributed by atoms with E-state index < -0.39 is 6.09 Å². The average molecular weight is 317 g/mol. The number of carbonyl (C=O) groups is 2. The predicted molar refractivity (Wildman–Crippen MR) is 85.4 cm³/mol. The van der Waals surface area contributed by atoms with E-state index in [-0.39, 0.29) is 11.5 Å². The van der Waals surface area contributed by atoms with Crippen LogP contribution in [0, 0.1) is 0 Å². The van der Waals surface area contributed by atoms with E-state index in [9.17, 15) is 9.59 Å². The zero-order valence-corrected chi connectivity index (χ0v) is 12.5. The van der Waals surface area contributed by atoms with Gasteiger partial charge in [-0.15, -0.1) is 0 Å². The normalized spacial score (nSPS) is 10.9. The Balaban J connectivity index is 1.94. The minimum atomic E-state index is -0.789. The third-order valence-electron chi connectivity index (χ3n) is 2.72. The maximum absolute atomic E-state index is 12.0. The van der Waals surface area contributed by atoms with Gasteiger partial charge in [0.2, 0.25) is 5.78 Å². The van der Waals surface area contributed by atoms with E-state index in [4.69, 9.17) is 11.6 Å². The fraction of sp³-hybridized carbons (Fsp3) is 0.0625. The van der Waals surface area contributed by atoms with Gasteiger partial charge < -0.3 is 0 Å². The third-order valence-corrected chi connectivity index (χ3v) is 2.97. The van der Waals surface area contributed by atoms with Gasteiger partial charge in [-0.05, 0) is 31.2 Å². The highest BCUT2D eigenvalue weighted by atomic mass is 35.5. The Morgan fingerprint density at radius 3 is 2.32 bits per heavy atom. The lowest BCUT2D eigenvalue weighted by Crippen LogP contribution is -2.15. The molecule has 0 unspecified atom stereocenters. The molecule has 0 saturated carbocycles. The molecule has 0 aromatic heterocycles. The highest BCUT2D eigenvalue weighted by molar-refractivity contribution is 6.45. The second-order valence-corrected chi connectivity index (χ2v) is 4.82. The molecule has 5 nitrogen and oxygen atoms in total. The smallest absolute Gasteiger partial charge is 0.297 e. The van der Waals surface area contributed by atoms with Crippen molar-refractivity contribution in [1.29, 1.82) is 0 Å². The molecule has 1 amide bonds. The maximum atomic E-state index is 12.0. The molecule has 22 heavy (non-hydrogen) atoms. The molecule has 0 saturated heterocycles. The molecule has 6 heteroatoms. The Morgan fingerprint density at radius 1 is 1.05 bits per heavy atom. The molecule has 0 fully saturated rings. The van der Waals surface area contributed by atoms with Gasteiger partial charge in [-0.25, -0.2) is 4.79 Å².